The lowest BCUT2D eigenvalue weighted by molar-refractivity contribution is -0.139. The van der Waals surface area contributed by atoms with E-state index in [0.29, 0.717) is 0 Å². The van der Waals surface area contributed by atoms with Crippen molar-refractivity contribution in [3.8, 4) is 12.3 Å². The average Bonchev–Trinajstić information content (AvgIpc) is 2.14. The molecule has 0 rings (SSSR count). The van der Waals surface area contributed by atoms with E-state index in [9.17, 15) is 18.0 Å². The van der Waals surface area contributed by atoms with Gasteiger partial charge >= 0.3 is 12.0 Å². The van der Waals surface area contributed by atoms with Crippen LogP contribution in [0.1, 0.15) is 6.42 Å². The lowest BCUT2D eigenvalue weighted by Gasteiger charge is -2.12. The van der Waals surface area contributed by atoms with Gasteiger partial charge in [0.2, 0.25) is 10.0 Å². The number of urea groups is 1. The molecule has 1 unspecified atom stereocenters. The van der Waals surface area contributed by atoms with Crippen molar-refractivity contribution in [3.05, 3.63) is 0 Å². The Morgan fingerprint density at radius 2 is 2.06 bits per heavy atom. The van der Waals surface area contributed by atoms with Gasteiger partial charge in [-0.2, -0.15) is 0 Å². The maximum absolute atomic E-state index is 11.1. The summed E-state index contributed by atoms with van der Waals surface area (Å²) in [5.74, 6) is 0.385. The van der Waals surface area contributed by atoms with E-state index in [1.807, 2.05) is 0 Å². The summed E-state index contributed by atoms with van der Waals surface area (Å²) in [7, 11) is -3.67. The molecule has 5 N–H and O–H groups in total. The van der Waals surface area contributed by atoms with Crippen LogP contribution in [0.4, 0.5) is 4.79 Å². The van der Waals surface area contributed by atoms with Crippen molar-refractivity contribution in [1.29, 1.82) is 0 Å². The Balaban J connectivity index is 4.08. The van der Waals surface area contributed by atoms with Crippen molar-refractivity contribution in [3.63, 3.8) is 0 Å². The Kier molecular flexibility index (Phi) is 6.01. The molecule has 17 heavy (non-hydrogen) atoms. The molecule has 1 atom stereocenters. The Hall–Kier alpha value is -1.79. The summed E-state index contributed by atoms with van der Waals surface area (Å²) < 4.78 is 21.1. The van der Waals surface area contributed by atoms with Gasteiger partial charge in [-0.1, -0.05) is 0 Å². The third-order valence-electron chi connectivity index (χ3n) is 1.60. The van der Waals surface area contributed by atoms with Gasteiger partial charge in [0.15, 0.2) is 0 Å². The van der Waals surface area contributed by atoms with Gasteiger partial charge in [-0.05, 0) is 0 Å². The number of terminal acetylenes is 1. The highest BCUT2D eigenvalue weighted by Crippen LogP contribution is 1.90. The topological polar surface area (TPSA) is 139 Å². The van der Waals surface area contributed by atoms with E-state index in [0.717, 1.165) is 0 Å². The van der Waals surface area contributed by atoms with E-state index >= 15 is 0 Å². The Bertz CT molecular complexity index is 425. The summed E-state index contributed by atoms with van der Waals surface area (Å²) in [5.41, 5.74) is 0. The summed E-state index contributed by atoms with van der Waals surface area (Å²) in [6.45, 7) is -0.215. The van der Waals surface area contributed by atoms with Gasteiger partial charge in [-0.25, -0.2) is 23.1 Å². The SMILES string of the molecule is C#CCC(NC(=O)NCCS(N)(=O)=O)C(=O)O. The minimum absolute atomic E-state index is 0.169. The lowest BCUT2D eigenvalue weighted by atomic mass is 10.2. The Morgan fingerprint density at radius 1 is 1.47 bits per heavy atom. The minimum Gasteiger partial charge on any atom is -0.480 e. The molecule has 0 aromatic rings. The van der Waals surface area contributed by atoms with Crippen LogP contribution >= 0.6 is 0 Å². The van der Waals surface area contributed by atoms with Gasteiger partial charge in [-0.15, -0.1) is 12.3 Å². The van der Waals surface area contributed by atoms with E-state index in [2.05, 4.69) is 16.6 Å². The van der Waals surface area contributed by atoms with Crippen LogP contribution in [0.25, 0.3) is 0 Å². The molecule has 0 bridgehead atoms. The molecule has 0 radical (unpaired) electrons. The van der Waals surface area contributed by atoms with Crippen LogP contribution in [0.15, 0.2) is 0 Å². The number of sulfonamides is 1. The molecule has 0 heterocycles. The highest BCUT2D eigenvalue weighted by atomic mass is 32.2. The first kappa shape index (κ1) is 15.2. The van der Waals surface area contributed by atoms with Crippen LogP contribution in [-0.4, -0.2) is 43.9 Å². The van der Waals surface area contributed by atoms with Crippen molar-refractivity contribution in [2.45, 2.75) is 12.5 Å². The van der Waals surface area contributed by atoms with Crippen LogP contribution in [-0.2, 0) is 14.8 Å². The zero-order valence-corrected chi connectivity index (χ0v) is 9.66. The fourth-order valence-electron chi connectivity index (χ4n) is 0.834. The monoisotopic (exact) mass is 263 g/mol. The summed E-state index contributed by atoms with van der Waals surface area (Å²) >= 11 is 0. The number of carboxylic acid groups (broad SMARTS) is 1. The molecule has 0 saturated carbocycles. The molecule has 0 aliphatic heterocycles. The third-order valence-corrected chi connectivity index (χ3v) is 2.37. The quantitative estimate of drug-likeness (QED) is 0.412. The van der Waals surface area contributed by atoms with Crippen molar-refractivity contribution < 1.29 is 23.1 Å². The summed E-state index contributed by atoms with van der Waals surface area (Å²) in [5, 5.41) is 17.6. The number of rotatable bonds is 6. The second kappa shape index (κ2) is 6.72. The maximum Gasteiger partial charge on any atom is 0.327 e. The Labute approximate surface area is 98.6 Å². The standard InChI is InChI=1S/C8H13N3O5S/c1-2-3-6(7(12)13)11-8(14)10-4-5-17(9,15)16/h1,6H,3-5H2,(H,12,13)(H2,9,15,16)(H2,10,11,14). The molecule has 0 aliphatic rings. The van der Waals surface area contributed by atoms with Crippen LogP contribution in [0.2, 0.25) is 0 Å². The van der Waals surface area contributed by atoms with E-state index < -0.39 is 33.8 Å². The summed E-state index contributed by atoms with van der Waals surface area (Å²) in [6.07, 6.45) is 4.75. The molecule has 9 heteroatoms. The molecular formula is C8H13N3O5S. The number of carbonyl (C=O) groups is 2. The van der Waals surface area contributed by atoms with Gasteiger partial charge in [0.05, 0.1) is 5.75 Å². The van der Waals surface area contributed by atoms with Gasteiger partial charge in [-0.3, -0.25) is 0 Å². The number of carboxylic acids is 1. The number of nitrogens with two attached hydrogens (primary N) is 1. The van der Waals surface area contributed by atoms with Gasteiger partial charge in [0.1, 0.15) is 6.04 Å². The molecule has 0 aliphatic carbocycles. The second-order valence-corrected chi connectivity index (χ2v) is 4.80. The predicted octanol–water partition coefficient (Wildman–Crippen LogP) is -1.95. The molecule has 0 aromatic carbocycles. The summed E-state index contributed by atoms with van der Waals surface area (Å²) in [4.78, 5) is 21.7. The predicted molar refractivity (Wildman–Crippen MR) is 59.4 cm³/mol. The van der Waals surface area contributed by atoms with Gasteiger partial charge in [0.25, 0.3) is 0 Å². The first-order valence-electron chi connectivity index (χ1n) is 4.47. The number of nitrogens with one attached hydrogen (secondary N) is 2. The van der Waals surface area contributed by atoms with Crippen molar-refractivity contribution in [1.82, 2.24) is 10.6 Å². The highest BCUT2D eigenvalue weighted by molar-refractivity contribution is 7.89. The average molecular weight is 263 g/mol. The number of hydrogen-bond donors (Lipinski definition) is 4. The molecule has 2 amide bonds. The second-order valence-electron chi connectivity index (χ2n) is 3.07. The maximum atomic E-state index is 11.1. The van der Waals surface area contributed by atoms with Crippen LogP contribution in [0.5, 0.6) is 0 Å². The third kappa shape index (κ3) is 8.06. The molecular weight excluding hydrogens is 250 g/mol. The van der Waals surface area contributed by atoms with Crippen molar-refractivity contribution in [2.75, 3.05) is 12.3 Å². The number of aliphatic carboxylic acids is 1. The molecule has 0 spiro atoms. The molecule has 8 nitrogen and oxygen atoms in total. The lowest BCUT2D eigenvalue weighted by Crippen LogP contribution is -2.47. The highest BCUT2D eigenvalue weighted by Gasteiger charge is 2.18. The number of amides is 2. The van der Waals surface area contributed by atoms with E-state index in [1.54, 1.807) is 0 Å². The minimum atomic E-state index is -3.67. The Morgan fingerprint density at radius 3 is 2.47 bits per heavy atom. The first-order chi connectivity index (χ1) is 7.76. The largest absolute Gasteiger partial charge is 0.480 e. The number of carbonyl (C=O) groups excluding carboxylic acids is 1. The normalized spacial score (nSPS) is 12.2. The van der Waals surface area contributed by atoms with Crippen LogP contribution < -0.4 is 15.8 Å². The zero-order chi connectivity index (χ0) is 13.5. The number of hydrogen-bond acceptors (Lipinski definition) is 4. The van der Waals surface area contributed by atoms with Gasteiger partial charge < -0.3 is 15.7 Å². The fraction of sp³-hybridized carbons (Fsp3) is 0.500. The zero-order valence-electron chi connectivity index (χ0n) is 8.84. The van der Waals surface area contributed by atoms with Crippen LogP contribution in [0, 0.1) is 12.3 Å². The molecule has 0 saturated heterocycles. The fourth-order valence-corrected chi connectivity index (χ4v) is 1.22. The molecule has 0 aromatic heterocycles. The smallest absolute Gasteiger partial charge is 0.327 e. The number of primary sulfonamides is 1. The molecule has 0 fully saturated rings. The van der Waals surface area contributed by atoms with Crippen molar-refractivity contribution >= 4 is 22.0 Å². The van der Waals surface area contributed by atoms with Gasteiger partial charge in [0, 0.05) is 13.0 Å². The van der Waals surface area contributed by atoms with Crippen molar-refractivity contribution in [2.24, 2.45) is 5.14 Å². The summed E-state index contributed by atoms with van der Waals surface area (Å²) in [6, 6.07) is -2.04. The van der Waals surface area contributed by atoms with Crippen LogP contribution in [0.3, 0.4) is 0 Å². The molecule has 96 valence electrons. The van der Waals surface area contributed by atoms with E-state index in [-0.39, 0.29) is 13.0 Å². The first-order valence-corrected chi connectivity index (χ1v) is 6.19. The van der Waals surface area contributed by atoms with E-state index in [1.165, 1.54) is 0 Å². The van der Waals surface area contributed by atoms with E-state index in [4.69, 9.17) is 16.7 Å².